The highest BCUT2D eigenvalue weighted by molar-refractivity contribution is 5.76. The van der Waals surface area contributed by atoms with Crippen LogP contribution in [0.15, 0.2) is 0 Å². The molecule has 0 aliphatic carbocycles. The molecule has 1 rings (SSSR count). The quantitative estimate of drug-likeness (QED) is 0.770. The zero-order valence-corrected chi connectivity index (χ0v) is 13.4. The molecule has 4 heteroatoms. The second kappa shape index (κ2) is 7.25. The van der Waals surface area contributed by atoms with Crippen molar-refractivity contribution < 1.29 is 4.79 Å². The minimum atomic E-state index is 0.140. The summed E-state index contributed by atoms with van der Waals surface area (Å²) in [6.07, 6.45) is 0.559. The summed E-state index contributed by atoms with van der Waals surface area (Å²) < 4.78 is 0. The Hall–Kier alpha value is -0.610. The molecule has 1 aliphatic heterocycles. The first-order valence-corrected chi connectivity index (χ1v) is 7.59. The Balaban J connectivity index is 2.36. The molecular weight excluding hydrogens is 238 g/mol. The molecule has 2 N–H and O–H groups in total. The van der Waals surface area contributed by atoms with Crippen molar-refractivity contribution in [3.63, 3.8) is 0 Å². The SMILES string of the molecule is CC(C)NC(=O)C[C@H](C)N[C@H]1CN(C(C)C)C[C@@H]1C. The van der Waals surface area contributed by atoms with Crippen LogP contribution in [0.25, 0.3) is 0 Å². The molecule has 1 fully saturated rings. The second-order valence-electron chi connectivity index (χ2n) is 6.63. The van der Waals surface area contributed by atoms with E-state index in [0.717, 1.165) is 13.1 Å². The summed E-state index contributed by atoms with van der Waals surface area (Å²) in [6.45, 7) is 15.1. The van der Waals surface area contributed by atoms with E-state index in [-0.39, 0.29) is 18.0 Å². The predicted octanol–water partition coefficient (Wildman–Crippen LogP) is 1.61. The van der Waals surface area contributed by atoms with E-state index < -0.39 is 0 Å². The summed E-state index contributed by atoms with van der Waals surface area (Å²) in [6, 6.07) is 1.57. The highest BCUT2D eigenvalue weighted by Crippen LogP contribution is 2.19. The fourth-order valence-corrected chi connectivity index (χ4v) is 2.73. The van der Waals surface area contributed by atoms with Gasteiger partial charge in [-0.25, -0.2) is 0 Å². The van der Waals surface area contributed by atoms with E-state index in [1.54, 1.807) is 0 Å². The van der Waals surface area contributed by atoms with Crippen molar-refractivity contribution in [1.82, 2.24) is 15.5 Å². The standard InChI is InChI=1S/C15H31N3O/c1-10(2)16-15(19)7-13(6)17-14-9-18(11(3)4)8-12(14)5/h10-14,17H,7-9H2,1-6H3,(H,16,19)/t12-,13-,14-/m0/s1. The van der Waals surface area contributed by atoms with Gasteiger partial charge in [-0.1, -0.05) is 6.92 Å². The van der Waals surface area contributed by atoms with Crippen molar-refractivity contribution in [3.05, 3.63) is 0 Å². The van der Waals surface area contributed by atoms with Gasteiger partial charge in [0, 0.05) is 43.7 Å². The zero-order chi connectivity index (χ0) is 14.6. The average molecular weight is 269 g/mol. The summed E-state index contributed by atoms with van der Waals surface area (Å²) in [4.78, 5) is 14.2. The number of amides is 1. The molecule has 3 atom stereocenters. The first-order valence-electron chi connectivity index (χ1n) is 7.59. The smallest absolute Gasteiger partial charge is 0.221 e. The summed E-state index contributed by atoms with van der Waals surface area (Å²) >= 11 is 0. The molecule has 19 heavy (non-hydrogen) atoms. The first-order chi connectivity index (χ1) is 8.79. The number of likely N-dealkylation sites (tertiary alicyclic amines) is 1. The van der Waals surface area contributed by atoms with Gasteiger partial charge in [-0.3, -0.25) is 9.69 Å². The Morgan fingerprint density at radius 2 is 1.84 bits per heavy atom. The number of rotatable bonds is 6. The normalized spacial score (nSPS) is 26.1. The van der Waals surface area contributed by atoms with Gasteiger partial charge in [0.25, 0.3) is 0 Å². The van der Waals surface area contributed by atoms with E-state index in [2.05, 4.69) is 43.2 Å². The van der Waals surface area contributed by atoms with E-state index >= 15 is 0 Å². The van der Waals surface area contributed by atoms with E-state index in [1.165, 1.54) is 0 Å². The van der Waals surface area contributed by atoms with Crippen LogP contribution in [-0.4, -0.2) is 48.1 Å². The lowest BCUT2D eigenvalue weighted by Crippen LogP contribution is -2.44. The van der Waals surface area contributed by atoms with Gasteiger partial charge in [-0.2, -0.15) is 0 Å². The minimum Gasteiger partial charge on any atom is -0.354 e. The maximum atomic E-state index is 11.7. The third-order valence-electron chi connectivity index (χ3n) is 3.81. The lowest BCUT2D eigenvalue weighted by Gasteiger charge is -2.23. The van der Waals surface area contributed by atoms with Crippen LogP contribution in [0.3, 0.4) is 0 Å². The third kappa shape index (κ3) is 5.49. The molecule has 0 spiro atoms. The van der Waals surface area contributed by atoms with Gasteiger partial charge in [0.15, 0.2) is 0 Å². The Morgan fingerprint density at radius 3 is 2.32 bits per heavy atom. The summed E-state index contributed by atoms with van der Waals surface area (Å²) in [5.41, 5.74) is 0. The van der Waals surface area contributed by atoms with E-state index in [1.807, 2.05) is 13.8 Å². The van der Waals surface area contributed by atoms with E-state index in [4.69, 9.17) is 0 Å². The highest BCUT2D eigenvalue weighted by atomic mass is 16.1. The lowest BCUT2D eigenvalue weighted by atomic mass is 10.0. The highest BCUT2D eigenvalue weighted by Gasteiger charge is 2.31. The van der Waals surface area contributed by atoms with Crippen molar-refractivity contribution >= 4 is 5.91 Å². The van der Waals surface area contributed by atoms with Crippen LogP contribution in [0.4, 0.5) is 0 Å². The van der Waals surface area contributed by atoms with Gasteiger partial charge in [0.1, 0.15) is 0 Å². The molecule has 0 aromatic heterocycles. The molecule has 1 aliphatic rings. The van der Waals surface area contributed by atoms with Gasteiger partial charge in [-0.15, -0.1) is 0 Å². The van der Waals surface area contributed by atoms with Gasteiger partial charge >= 0.3 is 0 Å². The number of hydrogen-bond acceptors (Lipinski definition) is 3. The molecule has 0 saturated carbocycles. The number of nitrogens with one attached hydrogen (secondary N) is 2. The molecule has 1 saturated heterocycles. The van der Waals surface area contributed by atoms with Crippen molar-refractivity contribution in [2.75, 3.05) is 13.1 Å². The maximum absolute atomic E-state index is 11.7. The molecular formula is C15H31N3O. The maximum Gasteiger partial charge on any atom is 0.221 e. The molecule has 0 aromatic rings. The van der Waals surface area contributed by atoms with Gasteiger partial charge in [0.05, 0.1) is 0 Å². The molecule has 0 radical (unpaired) electrons. The van der Waals surface area contributed by atoms with Crippen molar-refractivity contribution in [2.45, 2.75) is 72.1 Å². The van der Waals surface area contributed by atoms with Crippen LogP contribution in [0.1, 0.15) is 48.0 Å². The lowest BCUT2D eigenvalue weighted by molar-refractivity contribution is -0.122. The van der Waals surface area contributed by atoms with Gasteiger partial charge in [0.2, 0.25) is 5.91 Å². The Morgan fingerprint density at radius 1 is 1.21 bits per heavy atom. The van der Waals surface area contributed by atoms with Crippen molar-refractivity contribution in [1.29, 1.82) is 0 Å². The summed E-state index contributed by atoms with van der Waals surface area (Å²) in [7, 11) is 0. The monoisotopic (exact) mass is 269 g/mol. The predicted molar refractivity (Wildman–Crippen MR) is 80.2 cm³/mol. The molecule has 112 valence electrons. The van der Waals surface area contributed by atoms with Crippen LogP contribution >= 0.6 is 0 Å². The van der Waals surface area contributed by atoms with Gasteiger partial charge in [-0.05, 0) is 40.5 Å². The first kappa shape index (κ1) is 16.4. The molecule has 0 aromatic carbocycles. The second-order valence-corrected chi connectivity index (χ2v) is 6.63. The average Bonchev–Trinajstić information content (AvgIpc) is 2.58. The Labute approximate surface area is 118 Å². The van der Waals surface area contributed by atoms with Crippen LogP contribution in [0.5, 0.6) is 0 Å². The van der Waals surface area contributed by atoms with Crippen LogP contribution in [0.2, 0.25) is 0 Å². The van der Waals surface area contributed by atoms with Crippen LogP contribution < -0.4 is 10.6 Å². The number of carbonyl (C=O) groups excluding carboxylic acids is 1. The largest absolute Gasteiger partial charge is 0.354 e. The van der Waals surface area contributed by atoms with E-state index in [0.29, 0.717) is 24.4 Å². The van der Waals surface area contributed by atoms with E-state index in [9.17, 15) is 4.79 Å². The third-order valence-corrected chi connectivity index (χ3v) is 3.81. The number of hydrogen-bond donors (Lipinski definition) is 2. The summed E-state index contributed by atoms with van der Waals surface area (Å²) in [5, 5.41) is 6.56. The van der Waals surface area contributed by atoms with Crippen LogP contribution in [0, 0.1) is 5.92 Å². The Kier molecular flexibility index (Phi) is 6.27. The Bertz CT molecular complexity index is 291. The van der Waals surface area contributed by atoms with Crippen LogP contribution in [-0.2, 0) is 4.79 Å². The van der Waals surface area contributed by atoms with Crippen molar-refractivity contribution in [2.24, 2.45) is 5.92 Å². The molecule has 4 nitrogen and oxygen atoms in total. The molecule has 0 bridgehead atoms. The summed E-state index contributed by atoms with van der Waals surface area (Å²) in [5.74, 6) is 0.791. The van der Waals surface area contributed by atoms with Crippen molar-refractivity contribution in [3.8, 4) is 0 Å². The fourth-order valence-electron chi connectivity index (χ4n) is 2.73. The zero-order valence-electron chi connectivity index (χ0n) is 13.4. The number of carbonyl (C=O) groups is 1. The number of nitrogens with zero attached hydrogens (tertiary/aromatic N) is 1. The topological polar surface area (TPSA) is 44.4 Å². The minimum absolute atomic E-state index is 0.140. The molecule has 1 heterocycles. The molecule has 0 unspecified atom stereocenters. The fraction of sp³-hybridized carbons (Fsp3) is 0.933. The molecule has 1 amide bonds. The van der Waals surface area contributed by atoms with Gasteiger partial charge < -0.3 is 10.6 Å².